The minimum absolute atomic E-state index is 0.0175. The maximum atomic E-state index is 13.2. The number of nitrogens with zero attached hydrogens (tertiary/aromatic N) is 1. The minimum Gasteiger partial charge on any atom is -0.395 e. The smallest absolute Gasteiger partial charge is 0.223 e. The van der Waals surface area contributed by atoms with E-state index in [0.29, 0.717) is 32.2 Å². The SMILES string of the molecule is O=C1CC[C@](CCC(=O)N(CCO)Cc2ccccc2)(Cc2ccc(F)cc2)N1. The Hall–Kier alpha value is -2.73. The molecule has 1 aliphatic heterocycles. The Labute approximate surface area is 170 Å². The number of hydrogen-bond donors (Lipinski definition) is 2. The molecule has 29 heavy (non-hydrogen) atoms. The molecule has 1 fully saturated rings. The molecule has 2 N–H and O–H groups in total. The van der Waals surface area contributed by atoms with E-state index in [4.69, 9.17) is 0 Å². The van der Waals surface area contributed by atoms with Crippen molar-refractivity contribution in [1.82, 2.24) is 10.2 Å². The van der Waals surface area contributed by atoms with Gasteiger partial charge in [0.25, 0.3) is 0 Å². The Balaban J connectivity index is 1.66. The monoisotopic (exact) mass is 398 g/mol. The second kappa shape index (κ2) is 9.65. The molecule has 1 saturated heterocycles. The summed E-state index contributed by atoms with van der Waals surface area (Å²) in [6, 6.07) is 15.9. The highest BCUT2D eigenvalue weighted by atomic mass is 19.1. The van der Waals surface area contributed by atoms with Crippen molar-refractivity contribution in [3.05, 3.63) is 71.5 Å². The normalized spacial score (nSPS) is 18.5. The van der Waals surface area contributed by atoms with E-state index >= 15 is 0 Å². The summed E-state index contributed by atoms with van der Waals surface area (Å²) in [7, 11) is 0. The van der Waals surface area contributed by atoms with Crippen molar-refractivity contribution in [3.8, 4) is 0 Å². The molecule has 6 heteroatoms. The van der Waals surface area contributed by atoms with Gasteiger partial charge in [0.2, 0.25) is 11.8 Å². The molecular weight excluding hydrogens is 371 g/mol. The quantitative estimate of drug-likeness (QED) is 0.682. The van der Waals surface area contributed by atoms with Crippen molar-refractivity contribution >= 4 is 11.8 Å². The Morgan fingerprint density at radius 2 is 1.83 bits per heavy atom. The molecule has 1 heterocycles. The van der Waals surface area contributed by atoms with Gasteiger partial charge in [0.1, 0.15) is 5.82 Å². The zero-order valence-electron chi connectivity index (χ0n) is 16.4. The molecule has 1 atom stereocenters. The second-order valence-corrected chi connectivity index (χ2v) is 7.66. The van der Waals surface area contributed by atoms with E-state index in [2.05, 4.69) is 5.32 Å². The van der Waals surface area contributed by atoms with Gasteiger partial charge in [0.05, 0.1) is 6.61 Å². The van der Waals surface area contributed by atoms with Crippen molar-refractivity contribution in [2.45, 2.75) is 44.2 Å². The van der Waals surface area contributed by atoms with Crippen LogP contribution in [0, 0.1) is 5.82 Å². The molecular formula is C23H27FN2O3. The van der Waals surface area contributed by atoms with Crippen molar-refractivity contribution in [2.75, 3.05) is 13.2 Å². The number of halogens is 1. The van der Waals surface area contributed by atoms with Gasteiger partial charge in [-0.05, 0) is 42.5 Å². The number of hydrogen-bond acceptors (Lipinski definition) is 3. The van der Waals surface area contributed by atoms with Gasteiger partial charge in [-0.25, -0.2) is 4.39 Å². The summed E-state index contributed by atoms with van der Waals surface area (Å²) in [6.07, 6.45) is 2.42. The van der Waals surface area contributed by atoms with Gasteiger partial charge in [-0.1, -0.05) is 42.5 Å². The van der Waals surface area contributed by atoms with Crippen LogP contribution in [-0.2, 0) is 22.6 Å². The van der Waals surface area contributed by atoms with E-state index in [1.54, 1.807) is 17.0 Å². The Morgan fingerprint density at radius 3 is 2.45 bits per heavy atom. The molecule has 2 aromatic rings. The lowest BCUT2D eigenvalue weighted by atomic mass is 9.85. The second-order valence-electron chi connectivity index (χ2n) is 7.66. The van der Waals surface area contributed by atoms with Gasteiger partial charge in [-0.2, -0.15) is 0 Å². The van der Waals surface area contributed by atoms with Crippen LogP contribution in [-0.4, -0.2) is 40.5 Å². The van der Waals surface area contributed by atoms with E-state index in [9.17, 15) is 19.1 Å². The first kappa shape index (κ1) is 21.0. The lowest BCUT2D eigenvalue weighted by Gasteiger charge is -2.31. The summed E-state index contributed by atoms with van der Waals surface area (Å²) in [4.78, 5) is 26.4. The van der Waals surface area contributed by atoms with Gasteiger partial charge in [0.15, 0.2) is 0 Å². The number of rotatable bonds is 9. The highest BCUT2D eigenvalue weighted by Gasteiger charge is 2.38. The number of amides is 2. The van der Waals surface area contributed by atoms with Crippen LogP contribution in [0.25, 0.3) is 0 Å². The Kier molecular flexibility index (Phi) is 6.99. The van der Waals surface area contributed by atoms with Crippen LogP contribution in [0.15, 0.2) is 54.6 Å². The van der Waals surface area contributed by atoms with Crippen LogP contribution in [0.2, 0.25) is 0 Å². The molecule has 0 spiro atoms. The van der Waals surface area contributed by atoms with E-state index in [1.807, 2.05) is 30.3 Å². The van der Waals surface area contributed by atoms with Crippen LogP contribution < -0.4 is 5.32 Å². The Bertz CT molecular complexity index is 826. The van der Waals surface area contributed by atoms with Crippen molar-refractivity contribution in [2.24, 2.45) is 0 Å². The molecule has 2 aromatic carbocycles. The van der Waals surface area contributed by atoms with E-state index < -0.39 is 5.54 Å². The van der Waals surface area contributed by atoms with Crippen LogP contribution >= 0.6 is 0 Å². The van der Waals surface area contributed by atoms with Crippen LogP contribution in [0.5, 0.6) is 0 Å². The van der Waals surface area contributed by atoms with Crippen molar-refractivity contribution < 1.29 is 19.1 Å². The Morgan fingerprint density at radius 1 is 1.10 bits per heavy atom. The lowest BCUT2D eigenvalue weighted by molar-refractivity contribution is -0.133. The summed E-state index contributed by atoms with van der Waals surface area (Å²) in [5, 5.41) is 12.4. The highest BCUT2D eigenvalue weighted by molar-refractivity contribution is 5.80. The molecule has 0 unspecified atom stereocenters. The molecule has 3 rings (SSSR count). The number of aliphatic hydroxyl groups excluding tert-OH is 1. The number of benzene rings is 2. The topological polar surface area (TPSA) is 69.6 Å². The molecule has 0 radical (unpaired) electrons. The molecule has 0 bridgehead atoms. The zero-order valence-corrected chi connectivity index (χ0v) is 16.4. The van der Waals surface area contributed by atoms with Crippen molar-refractivity contribution in [3.63, 3.8) is 0 Å². The predicted molar refractivity (Wildman–Crippen MR) is 108 cm³/mol. The number of carbonyl (C=O) groups is 2. The summed E-state index contributed by atoms with van der Waals surface area (Å²) in [6.45, 7) is 0.610. The summed E-state index contributed by atoms with van der Waals surface area (Å²) >= 11 is 0. The molecule has 0 saturated carbocycles. The first-order valence-corrected chi connectivity index (χ1v) is 9.98. The molecule has 5 nitrogen and oxygen atoms in total. The first-order chi connectivity index (χ1) is 14.0. The number of nitrogens with one attached hydrogen (secondary N) is 1. The average molecular weight is 398 g/mol. The van der Waals surface area contributed by atoms with Gasteiger partial charge in [-0.15, -0.1) is 0 Å². The molecule has 0 aliphatic carbocycles. The molecule has 154 valence electrons. The van der Waals surface area contributed by atoms with Gasteiger partial charge < -0.3 is 15.3 Å². The maximum Gasteiger partial charge on any atom is 0.223 e. The van der Waals surface area contributed by atoms with Crippen LogP contribution in [0.3, 0.4) is 0 Å². The lowest BCUT2D eigenvalue weighted by Crippen LogP contribution is -2.45. The van der Waals surface area contributed by atoms with E-state index in [1.165, 1.54) is 12.1 Å². The summed E-state index contributed by atoms with van der Waals surface area (Å²) in [5.41, 5.74) is 1.43. The third-order valence-corrected chi connectivity index (χ3v) is 5.45. The fourth-order valence-electron chi connectivity index (χ4n) is 3.90. The van der Waals surface area contributed by atoms with Crippen molar-refractivity contribution in [1.29, 1.82) is 0 Å². The molecule has 1 aliphatic rings. The first-order valence-electron chi connectivity index (χ1n) is 9.98. The minimum atomic E-state index is -0.498. The fourth-order valence-corrected chi connectivity index (χ4v) is 3.90. The summed E-state index contributed by atoms with van der Waals surface area (Å²) < 4.78 is 13.2. The molecule has 0 aromatic heterocycles. The zero-order chi connectivity index (χ0) is 20.7. The van der Waals surface area contributed by atoms with Gasteiger partial charge >= 0.3 is 0 Å². The standard InChI is InChI=1S/C23H27FN2O3/c24-20-8-6-18(7-9-20)16-23(12-10-21(28)25-23)13-11-22(29)26(14-15-27)17-19-4-2-1-3-5-19/h1-9,27H,10-17H2,(H,25,28)/t23-/m0/s1. The number of carbonyl (C=O) groups excluding carboxylic acids is 2. The van der Waals surface area contributed by atoms with Crippen LogP contribution in [0.1, 0.15) is 36.8 Å². The van der Waals surface area contributed by atoms with Gasteiger partial charge in [0, 0.05) is 31.5 Å². The largest absolute Gasteiger partial charge is 0.395 e. The third-order valence-electron chi connectivity index (χ3n) is 5.45. The maximum absolute atomic E-state index is 13.2. The average Bonchev–Trinajstić information content (AvgIpc) is 3.09. The fraction of sp³-hybridized carbons (Fsp3) is 0.391. The summed E-state index contributed by atoms with van der Waals surface area (Å²) in [5.74, 6) is -0.368. The van der Waals surface area contributed by atoms with Gasteiger partial charge in [-0.3, -0.25) is 9.59 Å². The number of aliphatic hydroxyl groups is 1. The highest BCUT2D eigenvalue weighted by Crippen LogP contribution is 2.30. The predicted octanol–water partition coefficient (Wildman–Crippen LogP) is 2.82. The third kappa shape index (κ3) is 5.87. The molecule has 2 amide bonds. The van der Waals surface area contributed by atoms with Crippen LogP contribution in [0.4, 0.5) is 4.39 Å². The van der Waals surface area contributed by atoms with E-state index in [0.717, 1.165) is 11.1 Å². The van der Waals surface area contributed by atoms with E-state index in [-0.39, 0.29) is 37.2 Å².